The number of aryl methyl sites for hydroxylation is 3. The number of aromatic nitrogens is 3. The second-order valence-corrected chi connectivity index (χ2v) is 8.20. The first kappa shape index (κ1) is 20.7. The van der Waals surface area contributed by atoms with Gasteiger partial charge in [-0.3, -0.25) is 10.1 Å². The highest BCUT2D eigenvalue weighted by molar-refractivity contribution is 7.07. The first-order chi connectivity index (χ1) is 15.0. The summed E-state index contributed by atoms with van der Waals surface area (Å²) in [5, 5.41) is 13.5. The van der Waals surface area contributed by atoms with E-state index in [4.69, 9.17) is 0 Å². The number of benzene rings is 2. The minimum Gasteiger partial charge on any atom is -0.337 e. The zero-order valence-electron chi connectivity index (χ0n) is 17.4. The number of rotatable bonds is 7. The highest BCUT2D eigenvalue weighted by atomic mass is 32.1. The van der Waals surface area contributed by atoms with Gasteiger partial charge in [-0.05, 0) is 49.1 Å². The minimum absolute atomic E-state index is 0.00796. The van der Waals surface area contributed by atoms with E-state index < -0.39 is 0 Å². The third kappa shape index (κ3) is 4.64. The SMILES string of the molecule is Cc1ccc(-c2csc(=Nc3ccccc3[N+](=O)[O-])n2CCCn2ccnc2)cc1C. The second-order valence-electron chi connectivity index (χ2n) is 7.37. The van der Waals surface area contributed by atoms with Gasteiger partial charge in [-0.2, -0.15) is 0 Å². The average Bonchev–Trinajstić information content (AvgIpc) is 3.41. The summed E-state index contributed by atoms with van der Waals surface area (Å²) in [5.41, 5.74) is 5.03. The molecule has 0 atom stereocenters. The van der Waals surface area contributed by atoms with E-state index >= 15 is 0 Å². The molecular weight excluding hydrogens is 410 g/mol. The molecule has 0 radical (unpaired) electrons. The largest absolute Gasteiger partial charge is 0.337 e. The summed E-state index contributed by atoms with van der Waals surface area (Å²) in [7, 11) is 0. The van der Waals surface area contributed by atoms with Gasteiger partial charge in [0.25, 0.3) is 5.69 Å². The molecule has 0 spiro atoms. The van der Waals surface area contributed by atoms with E-state index in [9.17, 15) is 10.1 Å². The van der Waals surface area contributed by atoms with Crippen LogP contribution in [0.25, 0.3) is 11.3 Å². The Bertz CT molecular complexity index is 1270. The van der Waals surface area contributed by atoms with Crippen molar-refractivity contribution < 1.29 is 4.92 Å². The number of hydrogen-bond donors (Lipinski definition) is 0. The Labute approximate surface area is 184 Å². The van der Waals surface area contributed by atoms with Crippen LogP contribution in [0.4, 0.5) is 11.4 Å². The number of nitro benzene ring substituents is 1. The van der Waals surface area contributed by atoms with E-state index in [2.05, 4.69) is 52.0 Å². The van der Waals surface area contributed by atoms with Gasteiger partial charge in [-0.25, -0.2) is 9.98 Å². The maximum absolute atomic E-state index is 11.4. The first-order valence-corrected chi connectivity index (χ1v) is 10.9. The Morgan fingerprint density at radius 3 is 2.71 bits per heavy atom. The third-order valence-electron chi connectivity index (χ3n) is 5.25. The molecule has 0 aliphatic heterocycles. The molecule has 0 saturated heterocycles. The summed E-state index contributed by atoms with van der Waals surface area (Å²) in [6, 6.07) is 13.0. The predicted molar refractivity (Wildman–Crippen MR) is 122 cm³/mol. The summed E-state index contributed by atoms with van der Waals surface area (Å²) < 4.78 is 4.20. The summed E-state index contributed by atoms with van der Waals surface area (Å²) in [6.07, 6.45) is 6.41. The molecule has 7 nitrogen and oxygen atoms in total. The zero-order chi connectivity index (χ0) is 21.8. The van der Waals surface area contributed by atoms with Crippen LogP contribution in [0.5, 0.6) is 0 Å². The quantitative estimate of drug-likeness (QED) is 0.295. The van der Waals surface area contributed by atoms with Crippen LogP contribution >= 0.6 is 11.3 Å². The standard InChI is InChI=1S/C23H23N5O2S/c1-17-8-9-19(14-18(17)2)22-15-31-23(25-20-6-3-4-7-21(20)28(29)30)27(22)12-5-11-26-13-10-24-16-26/h3-4,6-10,13-16H,5,11-12H2,1-2H3. The number of nitro groups is 1. The number of nitrogens with zero attached hydrogens (tertiary/aromatic N) is 5. The van der Waals surface area contributed by atoms with Gasteiger partial charge in [0.1, 0.15) is 5.69 Å². The van der Waals surface area contributed by atoms with E-state index in [1.54, 1.807) is 30.7 Å². The molecule has 0 unspecified atom stereocenters. The summed E-state index contributed by atoms with van der Waals surface area (Å²) in [5.74, 6) is 0. The van der Waals surface area contributed by atoms with Gasteiger partial charge in [-0.1, -0.05) is 24.3 Å². The predicted octanol–water partition coefficient (Wildman–Crippen LogP) is 5.26. The van der Waals surface area contributed by atoms with E-state index in [0.29, 0.717) is 5.69 Å². The van der Waals surface area contributed by atoms with Crippen LogP contribution in [0.2, 0.25) is 0 Å². The number of hydrogen-bond acceptors (Lipinski definition) is 5. The molecule has 0 amide bonds. The lowest BCUT2D eigenvalue weighted by atomic mass is 10.0. The summed E-state index contributed by atoms with van der Waals surface area (Å²) in [6.45, 7) is 5.78. The lowest BCUT2D eigenvalue weighted by Gasteiger charge is -2.11. The van der Waals surface area contributed by atoms with Crippen molar-refractivity contribution in [3.63, 3.8) is 0 Å². The van der Waals surface area contributed by atoms with Crippen LogP contribution < -0.4 is 4.80 Å². The summed E-state index contributed by atoms with van der Waals surface area (Å²) >= 11 is 1.50. The maximum Gasteiger partial charge on any atom is 0.294 e. The fourth-order valence-electron chi connectivity index (χ4n) is 3.41. The molecular formula is C23H23N5O2S. The Balaban J connectivity index is 1.76. The molecule has 0 fully saturated rings. The van der Waals surface area contributed by atoms with Gasteiger partial charge < -0.3 is 9.13 Å². The number of imidazole rings is 1. The maximum atomic E-state index is 11.4. The van der Waals surface area contributed by atoms with Crippen molar-refractivity contribution in [2.75, 3.05) is 0 Å². The van der Waals surface area contributed by atoms with Gasteiger partial charge in [-0.15, -0.1) is 11.3 Å². The minimum atomic E-state index is -0.389. The lowest BCUT2D eigenvalue weighted by molar-refractivity contribution is -0.384. The molecule has 4 aromatic rings. The van der Waals surface area contributed by atoms with Crippen LogP contribution in [-0.2, 0) is 13.1 Å². The van der Waals surface area contributed by atoms with E-state index in [0.717, 1.165) is 35.6 Å². The van der Waals surface area contributed by atoms with Gasteiger partial charge in [0.15, 0.2) is 4.80 Å². The zero-order valence-corrected chi connectivity index (χ0v) is 18.2. The van der Waals surface area contributed by atoms with Crippen LogP contribution in [-0.4, -0.2) is 19.0 Å². The van der Waals surface area contributed by atoms with Crippen LogP contribution in [0.3, 0.4) is 0 Å². The highest BCUT2D eigenvalue weighted by Gasteiger charge is 2.14. The topological polar surface area (TPSA) is 78.2 Å². The van der Waals surface area contributed by atoms with Crippen molar-refractivity contribution in [2.45, 2.75) is 33.4 Å². The van der Waals surface area contributed by atoms with Gasteiger partial charge >= 0.3 is 0 Å². The van der Waals surface area contributed by atoms with Crippen LogP contribution in [0.1, 0.15) is 17.5 Å². The van der Waals surface area contributed by atoms with Crippen molar-refractivity contribution in [3.8, 4) is 11.3 Å². The molecule has 0 N–H and O–H groups in total. The molecule has 8 heteroatoms. The highest BCUT2D eigenvalue weighted by Crippen LogP contribution is 2.27. The Kier molecular flexibility index (Phi) is 6.08. The number of para-hydroxylation sites is 2. The normalized spacial score (nSPS) is 11.7. The van der Waals surface area contributed by atoms with Crippen molar-refractivity contribution in [2.24, 2.45) is 4.99 Å². The molecule has 0 aliphatic carbocycles. The molecule has 0 bridgehead atoms. The van der Waals surface area contributed by atoms with Crippen molar-refractivity contribution in [1.82, 2.24) is 14.1 Å². The van der Waals surface area contributed by atoms with Gasteiger partial charge in [0.2, 0.25) is 0 Å². The molecule has 31 heavy (non-hydrogen) atoms. The lowest BCUT2D eigenvalue weighted by Crippen LogP contribution is -2.17. The van der Waals surface area contributed by atoms with Crippen LogP contribution in [0.15, 0.2) is 71.6 Å². The average molecular weight is 434 g/mol. The Morgan fingerprint density at radius 2 is 1.97 bits per heavy atom. The smallest absolute Gasteiger partial charge is 0.294 e. The fourth-order valence-corrected chi connectivity index (χ4v) is 4.36. The third-order valence-corrected chi connectivity index (χ3v) is 6.12. The van der Waals surface area contributed by atoms with Gasteiger partial charge in [0, 0.05) is 36.9 Å². The van der Waals surface area contributed by atoms with Crippen molar-refractivity contribution >= 4 is 22.7 Å². The first-order valence-electron chi connectivity index (χ1n) is 10.0. The van der Waals surface area contributed by atoms with Crippen molar-refractivity contribution in [3.05, 3.63) is 92.6 Å². The summed E-state index contributed by atoms with van der Waals surface area (Å²) in [4.78, 5) is 20.6. The van der Waals surface area contributed by atoms with Crippen LogP contribution in [0, 0.1) is 24.0 Å². The van der Waals surface area contributed by atoms with E-state index in [1.807, 2.05) is 10.8 Å². The molecule has 0 aliphatic rings. The Hall–Kier alpha value is -3.52. The van der Waals surface area contributed by atoms with Crippen molar-refractivity contribution in [1.29, 1.82) is 0 Å². The molecule has 4 rings (SSSR count). The number of thiazole rings is 1. The molecule has 2 heterocycles. The molecule has 158 valence electrons. The van der Waals surface area contributed by atoms with Gasteiger partial charge in [0.05, 0.1) is 16.9 Å². The van der Waals surface area contributed by atoms with E-state index in [1.165, 1.54) is 28.5 Å². The monoisotopic (exact) mass is 433 g/mol. The second kappa shape index (κ2) is 9.09. The molecule has 0 saturated carbocycles. The molecule has 2 aromatic heterocycles. The van der Waals surface area contributed by atoms with E-state index in [-0.39, 0.29) is 10.6 Å². The molecule has 2 aromatic carbocycles. The Morgan fingerprint density at radius 1 is 1.13 bits per heavy atom. The fraction of sp³-hybridized carbons (Fsp3) is 0.217.